The number of aromatic nitrogens is 3. The summed E-state index contributed by atoms with van der Waals surface area (Å²) in [5.41, 5.74) is 0.0259. The molecule has 1 saturated carbocycles. The van der Waals surface area contributed by atoms with Gasteiger partial charge in [-0.25, -0.2) is 0 Å². The molecule has 1 N–H and O–H groups in total. The van der Waals surface area contributed by atoms with E-state index in [1.807, 2.05) is 16.7 Å². The molecular formula is C20H17Cl2N5O4S. The molecule has 1 aromatic heterocycles. The first-order valence-corrected chi connectivity index (χ1v) is 11.3. The Labute approximate surface area is 197 Å². The summed E-state index contributed by atoms with van der Waals surface area (Å²) in [4.78, 5) is 22.8. The molecule has 0 radical (unpaired) electrons. The monoisotopic (exact) mass is 493 g/mol. The van der Waals surface area contributed by atoms with Gasteiger partial charge >= 0.3 is 0 Å². The van der Waals surface area contributed by atoms with Crippen LogP contribution in [0.15, 0.2) is 47.6 Å². The smallest absolute Gasteiger partial charge is 0.271 e. The van der Waals surface area contributed by atoms with Crippen molar-refractivity contribution in [2.24, 2.45) is 0 Å². The van der Waals surface area contributed by atoms with Crippen LogP contribution in [0.1, 0.15) is 24.7 Å². The van der Waals surface area contributed by atoms with Crippen molar-refractivity contribution in [3.8, 4) is 5.75 Å². The van der Waals surface area contributed by atoms with Crippen molar-refractivity contribution in [3.05, 3.63) is 68.4 Å². The average molecular weight is 494 g/mol. The molecule has 0 spiro atoms. The molecule has 32 heavy (non-hydrogen) atoms. The number of para-hydroxylation sites is 1. The molecule has 2 aromatic carbocycles. The molecule has 0 bridgehead atoms. The number of rotatable bonds is 9. The Morgan fingerprint density at radius 2 is 2.00 bits per heavy atom. The fraction of sp³-hybridized carbons (Fsp3) is 0.250. The maximum Gasteiger partial charge on any atom is 0.271 e. The van der Waals surface area contributed by atoms with E-state index >= 15 is 0 Å². The first kappa shape index (κ1) is 22.4. The van der Waals surface area contributed by atoms with Crippen molar-refractivity contribution in [1.82, 2.24) is 14.8 Å². The van der Waals surface area contributed by atoms with E-state index in [1.165, 1.54) is 30.0 Å². The Bertz CT molecular complexity index is 1170. The highest BCUT2D eigenvalue weighted by Crippen LogP contribution is 2.39. The van der Waals surface area contributed by atoms with E-state index < -0.39 is 4.92 Å². The molecular weight excluding hydrogens is 477 g/mol. The minimum absolute atomic E-state index is 0.0369. The Morgan fingerprint density at radius 3 is 2.72 bits per heavy atom. The molecule has 0 saturated heterocycles. The third-order valence-electron chi connectivity index (χ3n) is 4.61. The summed E-state index contributed by atoms with van der Waals surface area (Å²) in [6.45, 7) is 0.198. The summed E-state index contributed by atoms with van der Waals surface area (Å²) < 4.78 is 7.77. The normalized spacial score (nSPS) is 13.1. The van der Waals surface area contributed by atoms with Crippen molar-refractivity contribution in [2.75, 3.05) is 11.1 Å². The lowest BCUT2D eigenvalue weighted by atomic mass is 10.3. The van der Waals surface area contributed by atoms with Crippen molar-refractivity contribution in [1.29, 1.82) is 0 Å². The topological polar surface area (TPSA) is 112 Å². The number of halogens is 2. The summed E-state index contributed by atoms with van der Waals surface area (Å²) in [6.07, 6.45) is 2.00. The Hall–Kier alpha value is -2.82. The molecule has 4 rings (SSSR count). The standard InChI is InChI=1S/C20H17Cl2N5O4S/c21-14-8-7-13(27(29)30)9-16(14)23-19(28)11-32-20-25-24-18(26(20)12-5-6-12)10-31-17-4-2-1-3-15(17)22/h1-4,7-9,12H,5-6,10-11H2,(H,23,28). The van der Waals surface area contributed by atoms with Crippen LogP contribution in [-0.4, -0.2) is 31.3 Å². The molecule has 1 amide bonds. The van der Waals surface area contributed by atoms with Crippen LogP contribution in [0.3, 0.4) is 0 Å². The van der Waals surface area contributed by atoms with Crippen LogP contribution >= 0.6 is 35.0 Å². The van der Waals surface area contributed by atoms with Gasteiger partial charge in [-0.05, 0) is 31.0 Å². The number of hydrogen-bond acceptors (Lipinski definition) is 7. The number of nitrogens with zero attached hydrogens (tertiary/aromatic N) is 4. The second-order valence-corrected chi connectivity index (χ2v) is 8.73. The lowest BCUT2D eigenvalue weighted by Crippen LogP contribution is -2.15. The maximum atomic E-state index is 12.4. The van der Waals surface area contributed by atoms with Crippen LogP contribution in [0.4, 0.5) is 11.4 Å². The second-order valence-electron chi connectivity index (χ2n) is 6.98. The van der Waals surface area contributed by atoms with Gasteiger partial charge in [-0.3, -0.25) is 19.5 Å². The molecule has 1 fully saturated rings. The number of anilines is 1. The number of carbonyl (C=O) groups is 1. The average Bonchev–Trinajstić information content (AvgIpc) is 3.53. The van der Waals surface area contributed by atoms with E-state index in [0.29, 0.717) is 21.8 Å². The van der Waals surface area contributed by atoms with Crippen molar-refractivity contribution in [3.63, 3.8) is 0 Å². The zero-order valence-corrected chi connectivity index (χ0v) is 18.9. The first-order valence-electron chi connectivity index (χ1n) is 9.60. The van der Waals surface area contributed by atoms with E-state index in [-0.39, 0.29) is 40.7 Å². The number of carbonyl (C=O) groups excluding carboxylic acids is 1. The predicted molar refractivity (Wildman–Crippen MR) is 122 cm³/mol. The third kappa shape index (κ3) is 5.32. The molecule has 12 heteroatoms. The van der Waals surface area contributed by atoms with Gasteiger partial charge in [0.1, 0.15) is 12.4 Å². The van der Waals surface area contributed by atoms with Gasteiger partial charge < -0.3 is 10.1 Å². The summed E-state index contributed by atoms with van der Waals surface area (Å²) in [5, 5.41) is 23.3. The van der Waals surface area contributed by atoms with Gasteiger partial charge in [0.05, 0.1) is 26.4 Å². The number of ether oxygens (including phenoxy) is 1. The van der Waals surface area contributed by atoms with Gasteiger partial charge in [0.25, 0.3) is 5.69 Å². The molecule has 1 heterocycles. The number of nitrogens with one attached hydrogen (secondary N) is 1. The molecule has 0 aliphatic heterocycles. The molecule has 9 nitrogen and oxygen atoms in total. The number of benzene rings is 2. The van der Waals surface area contributed by atoms with Crippen LogP contribution < -0.4 is 10.1 Å². The molecule has 0 unspecified atom stereocenters. The summed E-state index contributed by atoms with van der Waals surface area (Å²) in [7, 11) is 0. The quantitative estimate of drug-likeness (QED) is 0.249. The minimum atomic E-state index is -0.551. The number of nitro groups is 1. The molecule has 1 aliphatic carbocycles. The van der Waals surface area contributed by atoms with Crippen molar-refractivity contribution in [2.45, 2.75) is 30.6 Å². The molecule has 166 valence electrons. The zero-order valence-electron chi connectivity index (χ0n) is 16.5. The van der Waals surface area contributed by atoms with Gasteiger partial charge in [-0.15, -0.1) is 10.2 Å². The summed E-state index contributed by atoms with van der Waals surface area (Å²) >= 11 is 13.4. The number of amides is 1. The van der Waals surface area contributed by atoms with Gasteiger partial charge in [0.2, 0.25) is 5.91 Å². The predicted octanol–water partition coefficient (Wildman–Crippen LogP) is 5.14. The highest BCUT2D eigenvalue weighted by atomic mass is 35.5. The van der Waals surface area contributed by atoms with Crippen LogP contribution in [-0.2, 0) is 11.4 Å². The zero-order chi connectivity index (χ0) is 22.7. The second kappa shape index (κ2) is 9.76. The Kier molecular flexibility index (Phi) is 6.83. The molecule has 0 atom stereocenters. The lowest BCUT2D eigenvalue weighted by molar-refractivity contribution is -0.384. The molecule has 1 aliphatic rings. The van der Waals surface area contributed by atoms with Crippen molar-refractivity contribution < 1.29 is 14.5 Å². The number of hydrogen-bond donors (Lipinski definition) is 1. The number of thioether (sulfide) groups is 1. The van der Waals surface area contributed by atoms with Gasteiger partial charge in [0, 0.05) is 18.2 Å². The lowest BCUT2D eigenvalue weighted by Gasteiger charge is -2.11. The van der Waals surface area contributed by atoms with E-state index in [0.717, 1.165) is 12.8 Å². The molecule has 3 aromatic rings. The van der Waals surface area contributed by atoms with Crippen molar-refractivity contribution >= 4 is 52.2 Å². The Balaban J connectivity index is 1.40. The van der Waals surface area contributed by atoms with Crippen LogP contribution in [0.2, 0.25) is 10.0 Å². The van der Waals surface area contributed by atoms with Crippen LogP contribution in [0, 0.1) is 10.1 Å². The first-order chi connectivity index (χ1) is 15.4. The van der Waals surface area contributed by atoms with E-state index in [9.17, 15) is 14.9 Å². The Morgan fingerprint density at radius 1 is 1.22 bits per heavy atom. The van der Waals surface area contributed by atoms with E-state index in [2.05, 4.69) is 15.5 Å². The highest BCUT2D eigenvalue weighted by Gasteiger charge is 2.30. The highest BCUT2D eigenvalue weighted by molar-refractivity contribution is 7.99. The fourth-order valence-electron chi connectivity index (χ4n) is 2.95. The minimum Gasteiger partial charge on any atom is -0.484 e. The SMILES string of the molecule is O=C(CSc1nnc(COc2ccccc2Cl)n1C1CC1)Nc1cc([N+](=O)[O-])ccc1Cl. The fourth-order valence-corrected chi connectivity index (χ4v) is 4.13. The van der Waals surface area contributed by atoms with Gasteiger partial charge in [0.15, 0.2) is 11.0 Å². The van der Waals surface area contributed by atoms with Gasteiger partial charge in [-0.2, -0.15) is 0 Å². The maximum absolute atomic E-state index is 12.4. The van der Waals surface area contributed by atoms with E-state index in [1.54, 1.807) is 12.1 Å². The van der Waals surface area contributed by atoms with E-state index in [4.69, 9.17) is 27.9 Å². The number of non-ortho nitro benzene ring substituents is 1. The number of nitro benzene ring substituents is 1. The largest absolute Gasteiger partial charge is 0.484 e. The third-order valence-corrected chi connectivity index (χ3v) is 6.19. The van der Waals surface area contributed by atoms with Crippen LogP contribution in [0.5, 0.6) is 5.75 Å². The summed E-state index contributed by atoms with van der Waals surface area (Å²) in [6, 6.07) is 11.3. The van der Waals surface area contributed by atoms with Gasteiger partial charge in [-0.1, -0.05) is 47.1 Å². The summed E-state index contributed by atoms with van der Waals surface area (Å²) in [5.74, 6) is 0.880. The van der Waals surface area contributed by atoms with Crippen LogP contribution in [0.25, 0.3) is 0 Å².